The topological polar surface area (TPSA) is 46.3 Å². The number of hydrogen-bond acceptors (Lipinski definition) is 3. The first-order valence-corrected chi connectivity index (χ1v) is 8.29. The van der Waals surface area contributed by atoms with Crippen LogP contribution in [0.25, 0.3) is 0 Å². The van der Waals surface area contributed by atoms with Gasteiger partial charge in [-0.15, -0.1) is 11.3 Å². The molecule has 5 heteroatoms. The van der Waals surface area contributed by atoms with Crippen molar-refractivity contribution in [3.05, 3.63) is 50.7 Å². The Morgan fingerprint density at radius 2 is 2.29 bits per heavy atom. The Balaban J connectivity index is 1.96. The van der Waals surface area contributed by atoms with E-state index in [1.807, 2.05) is 4.90 Å². The number of nitrogens with two attached hydrogens (primary N) is 1. The van der Waals surface area contributed by atoms with Gasteiger partial charge in [-0.2, -0.15) is 0 Å². The number of halogens is 1. The first-order chi connectivity index (χ1) is 10.1. The number of anilines is 1. The molecule has 1 aromatic carbocycles. The molecule has 0 aliphatic carbocycles. The van der Waals surface area contributed by atoms with Crippen molar-refractivity contribution in [2.75, 3.05) is 12.3 Å². The summed E-state index contributed by atoms with van der Waals surface area (Å²) < 4.78 is 0. The number of hydrogen-bond donors (Lipinski definition) is 1. The van der Waals surface area contributed by atoms with Crippen molar-refractivity contribution in [3.8, 4) is 0 Å². The number of nitrogens with zero attached hydrogens (tertiary/aromatic N) is 1. The first-order valence-electron chi connectivity index (χ1n) is 7.04. The summed E-state index contributed by atoms with van der Waals surface area (Å²) in [6, 6.07) is 7.33. The summed E-state index contributed by atoms with van der Waals surface area (Å²) in [6.45, 7) is 2.84. The highest BCUT2D eigenvalue weighted by Gasteiger charge is 2.31. The zero-order valence-corrected chi connectivity index (χ0v) is 13.4. The third-order valence-electron chi connectivity index (χ3n) is 3.96. The van der Waals surface area contributed by atoms with Crippen molar-refractivity contribution >= 4 is 34.5 Å². The van der Waals surface area contributed by atoms with Gasteiger partial charge in [0.2, 0.25) is 0 Å². The van der Waals surface area contributed by atoms with Gasteiger partial charge in [-0.25, -0.2) is 0 Å². The Labute approximate surface area is 133 Å². The summed E-state index contributed by atoms with van der Waals surface area (Å²) in [4.78, 5) is 16.2. The van der Waals surface area contributed by atoms with Crippen LogP contribution in [0.5, 0.6) is 0 Å². The number of benzene rings is 1. The molecule has 110 valence electrons. The summed E-state index contributed by atoms with van der Waals surface area (Å²) in [7, 11) is 0. The molecule has 0 fully saturated rings. The third-order valence-corrected chi connectivity index (χ3v) is 5.29. The van der Waals surface area contributed by atoms with E-state index in [4.69, 9.17) is 17.3 Å². The van der Waals surface area contributed by atoms with Crippen molar-refractivity contribution in [1.82, 2.24) is 4.90 Å². The third kappa shape index (κ3) is 2.54. The van der Waals surface area contributed by atoms with Crippen LogP contribution in [0.2, 0.25) is 5.02 Å². The van der Waals surface area contributed by atoms with Gasteiger partial charge >= 0.3 is 0 Å². The number of carbonyl (C=O) groups is 1. The number of amides is 1. The molecule has 1 atom stereocenters. The number of fused-ring (bicyclic) bond motifs is 1. The lowest BCUT2D eigenvalue weighted by atomic mass is 9.97. The van der Waals surface area contributed by atoms with Gasteiger partial charge in [-0.3, -0.25) is 4.79 Å². The zero-order valence-electron chi connectivity index (χ0n) is 11.8. The van der Waals surface area contributed by atoms with Crippen LogP contribution in [-0.4, -0.2) is 17.4 Å². The maximum atomic E-state index is 12.9. The van der Waals surface area contributed by atoms with Gasteiger partial charge in [-0.1, -0.05) is 18.5 Å². The highest BCUT2D eigenvalue weighted by molar-refractivity contribution is 7.10. The number of thiophene rings is 1. The highest BCUT2D eigenvalue weighted by Crippen LogP contribution is 2.36. The van der Waals surface area contributed by atoms with Crippen LogP contribution in [0.15, 0.2) is 29.6 Å². The standard InChI is InChI=1S/C16H17ClN2OS/c1-2-14-11-6-8-21-15(11)5-7-19(14)16(20)12-9-10(18)3-4-13(12)17/h3-4,6,8-9,14H,2,5,7,18H2,1H3. The second-order valence-corrected chi connectivity index (χ2v) is 6.62. The SMILES string of the molecule is CCC1c2ccsc2CCN1C(=O)c1cc(N)ccc1Cl. The molecule has 1 amide bonds. The van der Waals surface area contributed by atoms with Gasteiger partial charge in [0, 0.05) is 17.1 Å². The van der Waals surface area contributed by atoms with Gasteiger partial charge in [0.05, 0.1) is 16.6 Å². The summed E-state index contributed by atoms with van der Waals surface area (Å²) >= 11 is 7.95. The van der Waals surface area contributed by atoms with Crippen molar-refractivity contribution in [1.29, 1.82) is 0 Å². The smallest absolute Gasteiger partial charge is 0.255 e. The molecule has 21 heavy (non-hydrogen) atoms. The molecule has 1 unspecified atom stereocenters. The lowest BCUT2D eigenvalue weighted by Gasteiger charge is -2.35. The molecule has 2 N–H and O–H groups in total. The molecule has 1 aliphatic heterocycles. The van der Waals surface area contributed by atoms with E-state index in [-0.39, 0.29) is 11.9 Å². The van der Waals surface area contributed by atoms with E-state index in [2.05, 4.69) is 18.4 Å². The quantitative estimate of drug-likeness (QED) is 0.845. The molecule has 0 saturated heterocycles. The summed E-state index contributed by atoms with van der Waals surface area (Å²) in [5, 5.41) is 2.56. The fourth-order valence-corrected chi connectivity index (χ4v) is 4.07. The van der Waals surface area contributed by atoms with Gasteiger partial charge in [0.1, 0.15) is 0 Å². The Hall–Kier alpha value is -1.52. The monoisotopic (exact) mass is 320 g/mol. The van der Waals surface area contributed by atoms with Crippen LogP contribution in [0.4, 0.5) is 5.69 Å². The Bertz CT molecular complexity index is 683. The Morgan fingerprint density at radius 3 is 3.05 bits per heavy atom. The van der Waals surface area contributed by atoms with Crippen LogP contribution < -0.4 is 5.73 Å². The normalized spacial score (nSPS) is 17.6. The van der Waals surface area contributed by atoms with Crippen molar-refractivity contribution in [2.24, 2.45) is 0 Å². The molecule has 0 bridgehead atoms. The molecule has 0 saturated carbocycles. The Kier molecular flexibility index (Phi) is 3.91. The van der Waals surface area contributed by atoms with Crippen LogP contribution in [0.3, 0.4) is 0 Å². The predicted molar refractivity (Wildman–Crippen MR) is 88.0 cm³/mol. The minimum atomic E-state index is -0.0315. The molecule has 1 aliphatic rings. The van der Waals surface area contributed by atoms with Crippen LogP contribution in [-0.2, 0) is 6.42 Å². The number of carbonyl (C=O) groups excluding carboxylic acids is 1. The largest absolute Gasteiger partial charge is 0.399 e. The van der Waals surface area contributed by atoms with E-state index in [1.165, 1.54) is 10.4 Å². The van der Waals surface area contributed by atoms with Gasteiger partial charge in [0.25, 0.3) is 5.91 Å². The molecular weight excluding hydrogens is 304 g/mol. The van der Waals surface area contributed by atoms with Gasteiger partial charge in [0.15, 0.2) is 0 Å². The molecule has 3 rings (SSSR count). The molecular formula is C16H17ClN2OS. The van der Waals surface area contributed by atoms with Crippen molar-refractivity contribution < 1.29 is 4.79 Å². The first kappa shape index (κ1) is 14.4. The van der Waals surface area contributed by atoms with Crippen LogP contribution in [0, 0.1) is 0 Å². The van der Waals surface area contributed by atoms with Gasteiger partial charge < -0.3 is 10.6 Å². The highest BCUT2D eigenvalue weighted by atomic mass is 35.5. The number of rotatable bonds is 2. The number of nitrogen functional groups attached to an aromatic ring is 1. The maximum Gasteiger partial charge on any atom is 0.255 e. The second-order valence-electron chi connectivity index (χ2n) is 5.21. The second kappa shape index (κ2) is 5.70. The van der Waals surface area contributed by atoms with E-state index < -0.39 is 0 Å². The maximum absolute atomic E-state index is 12.9. The van der Waals surface area contributed by atoms with E-state index in [1.54, 1.807) is 29.5 Å². The molecule has 2 aromatic rings. The van der Waals surface area contributed by atoms with Crippen LogP contribution >= 0.6 is 22.9 Å². The molecule has 2 heterocycles. The fourth-order valence-electron chi connectivity index (χ4n) is 2.94. The van der Waals surface area contributed by atoms with Gasteiger partial charge in [-0.05, 0) is 48.1 Å². The molecule has 0 spiro atoms. The van der Waals surface area contributed by atoms with Crippen LogP contribution in [0.1, 0.15) is 40.2 Å². The predicted octanol–water partition coefficient (Wildman–Crippen LogP) is 4.13. The van der Waals surface area contributed by atoms with E-state index in [9.17, 15) is 4.79 Å². The average Bonchev–Trinajstić information content (AvgIpc) is 2.96. The van der Waals surface area contributed by atoms with Crippen molar-refractivity contribution in [3.63, 3.8) is 0 Å². The minimum Gasteiger partial charge on any atom is -0.399 e. The summed E-state index contributed by atoms with van der Waals surface area (Å²) in [5.41, 5.74) is 8.13. The molecule has 3 nitrogen and oxygen atoms in total. The minimum absolute atomic E-state index is 0.0315. The lowest BCUT2D eigenvalue weighted by Crippen LogP contribution is -2.39. The average molecular weight is 321 g/mol. The zero-order chi connectivity index (χ0) is 15.0. The van der Waals surface area contributed by atoms with E-state index >= 15 is 0 Å². The molecule has 0 radical (unpaired) electrons. The van der Waals surface area contributed by atoms with E-state index in [0.29, 0.717) is 16.3 Å². The van der Waals surface area contributed by atoms with E-state index in [0.717, 1.165) is 19.4 Å². The molecule has 1 aromatic heterocycles. The lowest BCUT2D eigenvalue weighted by molar-refractivity contribution is 0.0657. The summed E-state index contributed by atoms with van der Waals surface area (Å²) in [6.07, 6.45) is 1.81. The Morgan fingerprint density at radius 1 is 1.48 bits per heavy atom. The van der Waals surface area contributed by atoms with Crippen molar-refractivity contribution in [2.45, 2.75) is 25.8 Å². The summed E-state index contributed by atoms with van der Waals surface area (Å²) in [5.74, 6) is -0.0315. The fraction of sp³-hybridized carbons (Fsp3) is 0.312.